The lowest BCUT2D eigenvalue weighted by Crippen LogP contribution is -2.09. The van der Waals surface area contributed by atoms with Crippen LogP contribution in [0.2, 0.25) is 0 Å². The number of furan rings is 1. The van der Waals surface area contributed by atoms with Gasteiger partial charge in [0.1, 0.15) is 11.2 Å². The van der Waals surface area contributed by atoms with Gasteiger partial charge in [-0.1, -0.05) is 152 Å². The van der Waals surface area contributed by atoms with Crippen LogP contribution in [-0.4, -0.2) is 0 Å². The number of nitrogens with zero attached hydrogens (tertiary/aromatic N) is 1. The third kappa shape index (κ3) is 5.81. The third-order valence-electron chi connectivity index (χ3n) is 10.5. The lowest BCUT2D eigenvalue weighted by Gasteiger charge is -2.26. The van der Waals surface area contributed by atoms with Crippen LogP contribution in [0.3, 0.4) is 0 Å². The van der Waals surface area contributed by atoms with Crippen molar-refractivity contribution in [1.82, 2.24) is 0 Å². The molecule has 0 fully saturated rings. The second kappa shape index (κ2) is 13.4. The van der Waals surface area contributed by atoms with Gasteiger partial charge in [-0.3, -0.25) is 0 Å². The molecule has 0 saturated carbocycles. The van der Waals surface area contributed by atoms with Crippen LogP contribution in [-0.2, 0) is 0 Å². The zero-order valence-corrected chi connectivity index (χ0v) is 29.6. The first-order chi connectivity index (χ1) is 26.7. The maximum atomic E-state index is 6.58. The summed E-state index contributed by atoms with van der Waals surface area (Å²) in [5.41, 5.74) is 14.4. The van der Waals surface area contributed by atoms with Crippen LogP contribution in [0, 0.1) is 0 Å². The van der Waals surface area contributed by atoms with Crippen molar-refractivity contribution in [2.24, 2.45) is 0 Å². The van der Waals surface area contributed by atoms with Crippen LogP contribution < -0.4 is 4.90 Å². The molecule has 0 atom stereocenters. The van der Waals surface area contributed by atoms with Gasteiger partial charge in [0, 0.05) is 33.9 Å². The van der Waals surface area contributed by atoms with Gasteiger partial charge in [-0.25, -0.2) is 0 Å². The van der Waals surface area contributed by atoms with Crippen molar-refractivity contribution < 1.29 is 4.42 Å². The van der Waals surface area contributed by atoms with Crippen LogP contribution >= 0.6 is 0 Å². The van der Waals surface area contributed by atoms with Crippen LogP contribution in [0.15, 0.2) is 217 Å². The molecule has 10 rings (SSSR count). The highest BCUT2D eigenvalue weighted by atomic mass is 16.3. The number of anilines is 3. The number of hydrogen-bond donors (Lipinski definition) is 0. The van der Waals surface area contributed by atoms with E-state index >= 15 is 0 Å². The molecule has 54 heavy (non-hydrogen) atoms. The fourth-order valence-corrected chi connectivity index (χ4v) is 7.74. The van der Waals surface area contributed by atoms with Crippen molar-refractivity contribution in [1.29, 1.82) is 0 Å². The van der Waals surface area contributed by atoms with E-state index in [0.717, 1.165) is 44.6 Å². The number of hydrogen-bond acceptors (Lipinski definition) is 2. The van der Waals surface area contributed by atoms with E-state index in [-0.39, 0.29) is 0 Å². The van der Waals surface area contributed by atoms with Gasteiger partial charge >= 0.3 is 0 Å². The smallest absolute Gasteiger partial charge is 0.137 e. The molecule has 1 aromatic heterocycles. The normalized spacial score (nSPS) is 11.3. The van der Waals surface area contributed by atoms with Gasteiger partial charge in [0.2, 0.25) is 0 Å². The van der Waals surface area contributed by atoms with Crippen molar-refractivity contribution >= 4 is 49.8 Å². The van der Waals surface area contributed by atoms with Crippen molar-refractivity contribution in [2.75, 3.05) is 4.90 Å². The van der Waals surface area contributed by atoms with Crippen LogP contribution in [0.5, 0.6) is 0 Å². The topological polar surface area (TPSA) is 16.4 Å². The highest BCUT2D eigenvalue weighted by Gasteiger charge is 2.17. The first kappa shape index (κ1) is 31.6. The standard InChI is InChI=1S/C52H35NO/c1-3-11-36(12-4-1)38-21-26-44(27-22-38)53(46-30-32-50-49-31-25-42(37-13-5-2-6-14-37)34-51(49)54-52(50)35-46)45-28-23-39(24-29-45)41-17-9-18-43(33-41)48-20-10-16-40-15-7-8-19-47(40)48/h1-35H. The molecule has 0 N–H and O–H groups in total. The molecule has 1 heterocycles. The zero-order valence-electron chi connectivity index (χ0n) is 29.6. The number of benzene rings is 9. The van der Waals surface area contributed by atoms with Crippen LogP contribution in [0.4, 0.5) is 17.1 Å². The number of fused-ring (bicyclic) bond motifs is 4. The largest absolute Gasteiger partial charge is 0.456 e. The predicted molar refractivity (Wildman–Crippen MR) is 228 cm³/mol. The summed E-state index contributed by atoms with van der Waals surface area (Å²) in [6.45, 7) is 0. The molecule has 254 valence electrons. The van der Waals surface area contributed by atoms with Crippen molar-refractivity contribution in [3.63, 3.8) is 0 Å². The third-order valence-corrected chi connectivity index (χ3v) is 10.5. The molecule has 2 heteroatoms. The fourth-order valence-electron chi connectivity index (χ4n) is 7.74. The maximum absolute atomic E-state index is 6.58. The minimum absolute atomic E-state index is 0.862. The van der Waals surface area contributed by atoms with Gasteiger partial charge in [0.25, 0.3) is 0 Å². The summed E-state index contributed by atoms with van der Waals surface area (Å²) < 4.78 is 6.58. The summed E-state index contributed by atoms with van der Waals surface area (Å²) in [6, 6.07) is 75.8. The molecule has 0 spiro atoms. The van der Waals surface area contributed by atoms with E-state index in [2.05, 4.69) is 211 Å². The minimum atomic E-state index is 0.862. The molecule has 0 aliphatic rings. The van der Waals surface area contributed by atoms with E-state index in [1.807, 2.05) is 6.07 Å². The first-order valence-electron chi connectivity index (χ1n) is 18.4. The van der Waals surface area contributed by atoms with Crippen LogP contribution in [0.25, 0.3) is 77.2 Å². The van der Waals surface area contributed by atoms with Crippen LogP contribution in [0.1, 0.15) is 0 Å². The number of rotatable bonds is 7. The quantitative estimate of drug-likeness (QED) is 0.166. The Labute approximate surface area is 314 Å². The van der Waals surface area contributed by atoms with Crippen molar-refractivity contribution in [3.8, 4) is 44.5 Å². The van der Waals surface area contributed by atoms with Gasteiger partial charge in [0.05, 0.1) is 0 Å². The van der Waals surface area contributed by atoms with E-state index in [1.54, 1.807) is 0 Å². The highest BCUT2D eigenvalue weighted by Crippen LogP contribution is 2.41. The van der Waals surface area contributed by atoms with Gasteiger partial charge in [-0.2, -0.15) is 0 Å². The second-order valence-corrected chi connectivity index (χ2v) is 13.8. The molecule has 0 aliphatic heterocycles. The Morgan fingerprint density at radius 1 is 0.278 bits per heavy atom. The molecular weight excluding hydrogens is 655 g/mol. The summed E-state index contributed by atoms with van der Waals surface area (Å²) in [4.78, 5) is 2.31. The molecule has 0 aliphatic carbocycles. The first-order valence-corrected chi connectivity index (χ1v) is 18.4. The van der Waals surface area contributed by atoms with E-state index in [0.29, 0.717) is 0 Å². The lowest BCUT2D eigenvalue weighted by molar-refractivity contribution is 0.669. The lowest BCUT2D eigenvalue weighted by atomic mass is 9.95. The second-order valence-electron chi connectivity index (χ2n) is 13.8. The Morgan fingerprint density at radius 3 is 1.46 bits per heavy atom. The Morgan fingerprint density at radius 2 is 0.741 bits per heavy atom. The van der Waals surface area contributed by atoms with Gasteiger partial charge in [-0.15, -0.1) is 0 Å². The molecule has 0 amide bonds. The van der Waals surface area contributed by atoms with Crippen molar-refractivity contribution in [3.05, 3.63) is 212 Å². The van der Waals surface area contributed by atoms with Crippen molar-refractivity contribution in [2.45, 2.75) is 0 Å². The Bertz CT molecular complexity index is 2900. The maximum Gasteiger partial charge on any atom is 0.137 e. The average Bonchev–Trinajstić information content (AvgIpc) is 3.62. The monoisotopic (exact) mass is 689 g/mol. The van der Waals surface area contributed by atoms with E-state index in [1.165, 1.54) is 49.7 Å². The van der Waals surface area contributed by atoms with Gasteiger partial charge in [-0.05, 0) is 110 Å². The van der Waals surface area contributed by atoms with Gasteiger partial charge in [0.15, 0.2) is 0 Å². The molecule has 0 bridgehead atoms. The SMILES string of the molecule is c1ccc(-c2ccc(N(c3ccc(-c4cccc(-c5cccc6ccccc56)c4)cc3)c3ccc4c(c3)oc3cc(-c5ccccc5)ccc34)cc2)cc1. The highest BCUT2D eigenvalue weighted by molar-refractivity contribution is 6.07. The van der Waals surface area contributed by atoms with E-state index in [9.17, 15) is 0 Å². The van der Waals surface area contributed by atoms with Gasteiger partial charge < -0.3 is 9.32 Å². The summed E-state index contributed by atoms with van der Waals surface area (Å²) >= 11 is 0. The van der Waals surface area contributed by atoms with E-state index < -0.39 is 0 Å². The molecule has 10 aromatic rings. The molecule has 0 unspecified atom stereocenters. The Balaban J connectivity index is 1.04. The molecule has 9 aromatic carbocycles. The average molecular weight is 690 g/mol. The molecular formula is C52H35NO. The predicted octanol–water partition coefficient (Wildman–Crippen LogP) is 14.9. The molecule has 2 nitrogen and oxygen atoms in total. The summed E-state index contributed by atoms with van der Waals surface area (Å²) in [5.74, 6) is 0. The van der Waals surface area contributed by atoms with E-state index in [4.69, 9.17) is 4.42 Å². The fraction of sp³-hybridized carbons (Fsp3) is 0. The molecule has 0 saturated heterocycles. The minimum Gasteiger partial charge on any atom is -0.456 e. The summed E-state index contributed by atoms with van der Waals surface area (Å²) in [6.07, 6.45) is 0. The summed E-state index contributed by atoms with van der Waals surface area (Å²) in [5, 5.41) is 4.73. The Kier molecular flexibility index (Phi) is 7.85. The zero-order chi connectivity index (χ0) is 35.8. The molecule has 0 radical (unpaired) electrons. The summed E-state index contributed by atoms with van der Waals surface area (Å²) in [7, 11) is 0. The Hall–Kier alpha value is -7.16.